The van der Waals surface area contributed by atoms with E-state index in [0.717, 1.165) is 4.88 Å². The van der Waals surface area contributed by atoms with Crippen molar-refractivity contribution in [1.82, 2.24) is 0 Å². The lowest BCUT2D eigenvalue weighted by molar-refractivity contribution is -0.159. The van der Waals surface area contributed by atoms with Crippen molar-refractivity contribution in [1.29, 1.82) is 0 Å². The average molecular weight is 310 g/mol. The second kappa shape index (κ2) is 7.41. The lowest BCUT2D eigenvalue weighted by Crippen LogP contribution is -2.31. The molecule has 0 radical (unpaired) electrons. The Morgan fingerprint density at radius 3 is 2.14 bits per heavy atom. The molecule has 0 aliphatic rings. The molecule has 0 amide bonds. The van der Waals surface area contributed by atoms with Crippen molar-refractivity contribution in [3.8, 4) is 0 Å². The van der Waals surface area contributed by atoms with Crippen LogP contribution in [0.5, 0.6) is 0 Å². The van der Waals surface area contributed by atoms with E-state index in [-0.39, 0.29) is 11.3 Å². The summed E-state index contributed by atoms with van der Waals surface area (Å²) in [5.74, 6) is -2.54. The lowest BCUT2D eigenvalue weighted by Gasteiger charge is -2.21. The summed E-state index contributed by atoms with van der Waals surface area (Å²) < 4.78 is 9.55. The molecule has 0 N–H and O–H groups in total. The number of ether oxygens (including phenoxy) is 2. The highest BCUT2D eigenvalue weighted by atomic mass is 32.1. The van der Waals surface area contributed by atoms with Gasteiger partial charge in [-0.2, -0.15) is 0 Å². The summed E-state index contributed by atoms with van der Waals surface area (Å²) in [5, 5.41) is 1.92. The van der Waals surface area contributed by atoms with Crippen molar-refractivity contribution in [2.24, 2.45) is 11.3 Å². The molecule has 0 aliphatic heterocycles. The molecule has 1 rings (SSSR count). The average Bonchev–Trinajstić information content (AvgIpc) is 2.94. The molecule has 4 nitrogen and oxygen atoms in total. The zero-order valence-electron chi connectivity index (χ0n) is 13.1. The van der Waals surface area contributed by atoms with Crippen molar-refractivity contribution in [3.05, 3.63) is 34.5 Å². The van der Waals surface area contributed by atoms with Gasteiger partial charge in [-0.1, -0.05) is 39.0 Å². The van der Waals surface area contributed by atoms with E-state index in [1.165, 1.54) is 25.6 Å². The minimum atomic E-state index is -0.989. The van der Waals surface area contributed by atoms with Gasteiger partial charge in [0.05, 0.1) is 14.2 Å². The first kappa shape index (κ1) is 17.4. The number of hydrogen-bond acceptors (Lipinski definition) is 5. The highest BCUT2D eigenvalue weighted by Crippen LogP contribution is 2.33. The van der Waals surface area contributed by atoms with Gasteiger partial charge in [0.2, 0.25) is 0 Å². The number of hydrogen-bond donors (Lipinski definition) is 0. The van der Waals surface area contributed by atoms with Crippen LogP contribution in [0, 0.1) is 11.3 Å². The van der Waals surface area contributed by atoms with Gasteiger partial charge < -0.3 is 9.47 Å². The largest absolute Gasteiger partial charge is 0.468 e. The van der Waals surface area contributed by atoms with Crippen molar-refractivity contribution < 1.29 is 19.1 Å². The fraction of sp³-hybridized carbons (Fsp3) is 0.500. The van der Waals surface area contributed by atoms with E-state index in [4.69, 9.17) is 9.47 Å². The van der Waals surface area contributed by atoms with Gasteiger partial charge in [0.25, 0.3) is 0 Å². The third-order valence-corrected chi connectivity index (χ3v) is 3.92. The topological polar surface area (TPSA) is 52.6 Å². The minimum Gasteiger partial charge on any atom is -0.468 e. The van der Waals surface area contributed by atoms with Gasteiger partial charge in [0.15, 0.2) is 5.92 Å². The second-order valence-electron chi connectivity index (χ2n) is 5.79. The lowest BCUT2D eigenvalue weighted by atomic mass is 9.87. The Morgan fingerprint density at radius 1 is 1.19 bits per heavy atom. The Hall–Kier alpha value is -1.62. The highest BCUT2D eigenvalue weighted by Gasteiger charge is 2.37. The number of rotatable bonds is 5. The Labute approximate surface area is 129 Å². The van der Waals surface area contributed by atoms with Crippen LogP contribution < -0.4 is 0 Å². The summed E-state index contributed by atoms with van der Waals surface area (Å²) in [6.45, 7) is 6.17. The van der Waals surface area contributed by atoms with Crippen LogP contribution in [-0.4, -0.2) is 26.2 Å². The molecule has 0 fully saturated rings. The van der Waals surface area contributed by atoms with Crippen molar-refractivity contribution in [2.45, 2.75) is 26.7 Å². The van der Waals surface area contributed by atoms with Gasteiger partial charge in [-0.3, -0.25) is 9.59 Å². The number of methoxy groups -OCH3 is 2. The number of esters is 2. The Bertz CT molecular complexity index is 481. The normalized spacial score (nSPS) is 13.4. The minimum absolute atomic E-state index is 0.0493. The fourth-order valence-electron chi connectivity index (χ4n) is 1.89. The zero-order chi connectivity index (χ0) is 16.0. The quantitative estimate of drug-likeness (QED) is 0.475. The summed E-state index contributed by atoms with van der Waals surface area (Å²) in [5.41, 5.74) is -0.0493. The molecule has 0 bridgehead atoms. The zero-order valence-corrected chi connectivity index (χ0v) is 13.9. The molecule has 116 valence electrons. The third kappa shape index (κ3) is 5.01. The maximum absolute atomic E-state index is 12.0. The van der Waals surface area contributed by atoms with E-state index in [0.29, 0.717) is 0 Å². The molecular formula is C16H22O4S. The molecule has 21 heavy (non-hydrogen) atoms. The van der Waals surface area contributed by atoms with E-state index in [9.17, 15) is 9.59 Å². The smallest absolute Gasteiger partial charge is 0.321 e. The van der Waals surface area contributed by atoms with Crippen molar-refractivity contribution in [3.63, 3.8) is 0 Å². The molecule has 0 saturated carbocycles. The van der Waals surface area contributed by atoms with Crippen LogP contribution in [0.1, 0.15) is 31.6 Å². The first-order valence-electron chi connectivity index (χ1n) is 6.68. The first-order chi connectivity index (χ1) is 9.80. The van der Waals surface area contributed by atoms with Crippen molar-refractivity contribution in [2.75, 3.05) is 14.2 Å². The molecule has 0 saturated heterocycles. The Kier molecular flexibility index (Phi) is 6.15. The molecule has 1 aromatic rings. The number of allylic oxidation sites excluding steroid dienone is 2. The van der Waals surface area contributed by atoms with E-state index < -0.39 is 17.9 Å². The van der Waals surface area contributed by atoms with Crippen LogP contribution in [0.15, 0.2) is 29.7 Å². The predicted octanol–water partition coefficient (Wildman–Crippen LogP) is 3.40. The highest BCUT2D eigenvalue weighted by molar-refractivity contribution is 7.10. The molecule has 5 heteroatoms. The predicted molar refractivity (Wildman–Crippen MR) is 83.2 cm³/mol. The van der Waals surface area contributed by atoms with Gasteiger partial charge >= 0.3 is 11.9 Å². The van der Waals surface area contributed by atoms with Gasteiger partial charge in [-0.05, 0) is 16.9 Å². The molecular weight excluding hydrogens is 288 g/mol. The summed E-state index contributed by atoms with van der Waals surface area (Å²) in [7, 11) is 2.55. The van der Waals surface area contributed by atoms with Gasteiger partial charge in [-0.25, -0.2) is 0 Å². The molecule has 1 aromatic heterocycles. The van der Waals surface area contributed by atoms with Crippen LogP contribution in [0.3, 0.4) is 0 Å². The maximum atomic E-state index is 12.0. The van der Waals surface area contributed by atoms with E-state index >= 15 is 0 Å². The van der Waals surface area contributed by atoms with E-state index in [1.54, 1.807) is 0 Å². The van der Waals surface area contributed by atoms with Crippen molar-refractivity contribution >= 4 is 23.3 Å². The molecule has 0 spiro atoms. The molecule has 0 aromatic carbocycles. The summed E-state index contributed by atoms with van der Waals surface area (Å²) >= 11 is 1.50. The second-order valence-corrected chi connectivity index (χ2v) is 6.77. The third-order valence-electron chi connectivity index (χ3n) is 2.94. The van der Waals surface area contributed by atoms with E-state index in [1.807, 2.05) is 29.7 Å². The van der Waals surface area contributed by atoms with E-state index in [2.05, 4.69) is 20.8 Å². The standard InChI is InChI=1S/C16H22O4S/c1-16(2,3)9-8-11(12-7-6-10-21-12)13(14(17)19-4)15(18)20-5/h6-11,13H,1-5H3/b9-8+. The van der Waals surface area contributed by atoms with Gasteiger partial charge in [0, 0.05) is 10.8 Å². The number of thiophene rings is 1. The molecule has 1 heterocycles. The summed E-state index contributed by atoms with van der Waals surface area (Å²) in [6, 6.07) is 3.80. The van der Waals surface area contributed by atoms with Crippen LogP contribution >= 0.6 is 11.3 Å². The SMILES string of the molecule is COC(=O)C(C(=O)OC)C(/C=C/C(C)(C)C)c1cccs1. The van der Waals surface area contributed by atoms with Crippen LogP contribution in [0.2, 0.25) is 0 Å². The summed E-state index contributed by atoms with van der Waals surface area (Å²) in [4.78, 5) is 25.0. The molecule has 1 atom stereocenters. The summed E-state index contributed by atoms with van der Waals surface area (Å²) in [6.07, 6.45) is 3.89. The first-order valence-corrected chi connectivity index (χ1v) is 7.56. The number of carbonyl (C=O) groups excluding carboxylic acids is 2. The van der Waals surface area contributed by atoms with Gasteiger partial charge in [-0.15, -0.1) is 11.3 Å². The maximum Gasteiger partial charge on any atom is 0.321 e. The Morgan fingerprint density at radius 2 is 1.76 bits per heavy atom. The van der Waals surface area contributed by atoms with Crippen LogP contribution in [0.25, 0.3) is 0 Å². The Balaban J connectivity index is 3.23. The van der Waals surface area contributed by atoms with Crippen LogP contribution in [0.4, 0.5) is 0 Å². The van der Waals surface area contributed by atoms with Gasteiger partial charge in [0.1, 0.15) is 0 Å². The molecule has 1 unspecified atom stereocenters. The number of carbonyl (C=O) groups is 2. The monoisotopic (exact) mass is 310 g/mol. The fourth-order valence-corrected chi connectivity index (χ4v) is 2.73. The molecule has 0 aliphatic carbocycles. The van der Waals surface area contributed by atoms with Crippen LogP contribution in [-0.2, 0) is 19.1 Å².